The van der Waals surface area contributed by atoms with Gasteiger partial charge in [-0.3, -0.25) is 0 Å². The molecule has 2 fully saturated rings. The fourth-order valence-electron chi connectivity index (χ4n) is 4.75. The van der Waals surface area contributed by atoms with E-state index in [4.69, 9.17) is 0 Å². The lowest BCUT2D eigenvalue weighted by Gasteiger charge is -2.42. The van der Waals surface area contributed by atoms with Crippen LogP contribution >= 0.6 is 0 Å². The van der Waals surface area contributed by atoms with Crippen molar-refractivity contribution >= 4 is 0 Å². The topological polar surface area (TPSA) is 12.0 Å². The van der Waals surface area contributed by atoms with Crippen LogP contribution in [0, 0.1) is 30.5 Å². The molecule has 0 bridgehead atoms. The van der Waals surface area contributed by atoms with Crippen LogP contribution in [0.15, 0.2) is 18.2 Å². The van der Waals surface area contributed by atoms with Gasteiger partial charge in [-0.05, 0) is 68.2 Å². The van der Waals surface area contributed by atoms with Gasteiger partial charge in [-0.2, -0.15) is 0 Å². The summed E-state index contributed by atoms with van der Waals surface area (Å²) in [5, 5.41) is 3.51. The average molecular weight is 289 g/mol. The molecule has 0 amide bonds. The van der Waals surface area contributed by atoms with E-state index in [1.807, 2.05) is 19.1 Å². The first-order chi connectivity index (χ1) is 10.2. The van der Waals surface area contributed by atoms with Crippen LogP contribution in [0.4, 0.5) is 4.39 Å². The Hall–Kier alpha value is -0.890. The maximum atomic E-state index is 13.5. The molecule has 0 heterocycles. The molecule has 4 unspecified atom stereocenters. The highest BCUT2D eigenvalue weighted by Crippen LogP contribution is 2.46. The fraction of sp³-hybridized carbons (Fsp3) is 0.684. The predicted octanol–water partition coefficient (Wildman–Crippen LogP) is 5.00. The third kappa shape index (κ3) is 3.15. The largest absolute Gasteiger partial charge is 0.313 e. The van der Waals surface area contributed by atoms with Gasteiger partial charge in [0.15, 0.2) is 0 Å². The summed E-state index contributed by atoms with van der Waals surface area (Å²) >= 11 is 0. The number of fused-ring (bicyclic) bond motifs is 1. The lowest BCUT2D eigenvalue weighted by atomic mass is 9.65. The Bertz CT molecular complexity index is 484. The van der Waals surface area contributed by atoms with Gasteiger partial charge in [0, 0.05) is 6.04 Å². The molecule has 4 atom stereocenters. The normalized spacial score (nSPS) is 30.7. The van der Waals surface area contributed by atoms with E-state index in [9.17, 15) is 4.39 Å². The molecule has 0 spiro atoms. The molecule has 2 heteroatoms. The third-order valence-corrected chi connectivity index (χ3v) is 5.90. The maximum absolute atomic E-state index is 13.5. The van der Waals surface area contributed by atoms with Crippen molar-refractivity contribution in [2.75, 3.05) is 7.05 Å². The van der Waals surface area contributed by atoms with Gasteiger partial charge in [-0.1, -0.05) is 37.8 Å². The van der Waals surface area contributed by atoms with E-state index < -0.39 is 0 Å². The zero-order valence-corrected chi connectivity index (χ0v) is 13.4. The van der Waals surface area contributed by atoms with Crippen molar-refractivity contribution in [3.8, 4) is 0 Å². The second-order valence-electron chi connectivity index (χ2n) is 7.15. The third-order valence-electron chi connectivity index (χ3n) is 5.90. The first kappa shape index (κ1) is 15.0. The lowest BCUT2D eigenvalue weighted by molar-refractivity contribution is 0.111. The first-order valence-electron chi connectivity index (χ1n) is 8.62. The van der Waals surface area contributed by atoms with Crippen LogP contribution in [-0.4, -0.2) is 7.05 Å². The molecule has 1 aromatic rings. The second kappa shape index (κ2) is 6.48. The van der Waals surface area contributed by atoms with E-state index >= 15 is 0 Å². The Labute approximate surface area is 128 Å². The van der Waals surface area contributed by atoms with E-state index in [0.29, 0.717) is 12.0 Å². The number of halogens is 1. The molecule has 0 radical (unpaired) electrons. The van der Waals surface area contributed by atoms with Gasteiger partial charge >= 0.3 is 0 Å². The first-order valence-corrected chi connectivity index (χ1v) is 8.62. The van der Waals surface area contributed by atoms with Gasteiger partial charge in [0.1, 0.15) is 5.82 Å². The summed E-state index contributed by atoms with van der Waals surface area (Å²) in [5.74, 6) is 2.54. The Kier molecular flexibility index (Phi) is 4.63. The summed E-state index contributed by atoms with van der Waals surface area (Å²) in [4.78, 5) is 0. The van der Waals surface area contributed by atoms with E-state index in [2.05, 4.69) is 12.4 Å². The van der Waals surface area contributed by atoms with Crippen LogP contribution in [0.2, 0.25) is 0 Å². The number of rotatable bonds is 3. The van der Waals surface area contributed by atoms with Crippen LogP contribution in [-0.2, 0) is 0 Å². The molecule has 1 N–H and O–H groups in total. The zero-order chi connectivity index (χ0) is 14.8. The Morgan fingerprint density at radius 3 is 2.57 bits per heavy atom. The van der Waals surface area contributed by atoms with Crippen molar-refractivity contribution in [3.05, 3.63) is 35.1 Å². The van der Waals surface area contributed by atoms with Crippen molar-refractivity contribution < 1.29 is 4.39 Å². The Morgan fingerprint density at radius 1 is 1.10 bits per heavy atom. The summed E-state index contributed by atoms with van der Waals surface area (Å²) in [6.45, 7) is 1.86. The van der Waals surface area contributed by atoms with E-state index in [1.165, 1.54) is 50.5 Å². The van der Waals surface area contributed by atoms with Gasteiger partial charge in [0.05, 0.1) is 0 Å². The molecule has 116 valence electrons. The molecule has 3 rings (SSSR count). The molecule has 0 aromatic heterocycles. The van der Waals surface area contributed by atoms with Crippen LogP contribution in [0.5, 0.6) is 0 Å². The minimum absolute atomic E-state index is 0.0930. The SMILES string of the molecule is CNC(c1ccc(F)c(C)c1)C1CCC2CCCCC2C1. The van der Waals surface area contributed by atoms with Gasteiger partial charge in [0.25, 0.3) is 0 Å². The summed E-state index contributed by atoms with van der Waals surface area (Å²) in [6.07, 6.45) is 9.83. The molecular weight excluding hydrogens is 261 g/mol. The molecule has 0 aliphatic heterocycles. The van der Waals surface area contributed by atoms with Crippen LogP contribution in [0.25, 0.3) is 0 Å². The van der Waals surface area contributed by atoms with Crippen molar-refractivity contribution in [1.29, 1.82) is 0 Å². The summed E-state index contributed by atoms with van der Waals surface area (Å²) in [7, 11) is 2.05. The molecule has 1 nitrogen and oxygen atoms in total. The number of hydrogen-bond donors (Lipinski definition) is 1. The van der Waals surface area contributed by atoms with Crippen LogP contribution in [0.1, 0.15) is 62.1 Å². The monoisotopic (exact) mass is 289 g/mol. The Morgan fingerprint density at radius 2 is 1.86 bits per heavy atom. The predicted molar refractivity (Wildman–Crippen MR) is 85.7 cm³/mol. The van der Waals surface area contributed by atoms with Gasteiger partial charge in [-0.25, -0.2) is 4.39 Å². The molecule has 2 saturated carbocycles. The van der Waals surface area contributed by atoms with Gasteiger partial charge in [-0.15, -0.1) is 0 Å². The average Bonchev–Trinajstić information content (AvgIpc) is 2.51. The van der Waals surface area contributed by atoms with Crippen molar-refractivity contribution in [1.82, 2.24) is 5.32 Å². The molecular formula is C19H28FN. The highest BCUT2D eigenvalue weighted by atomic mass is 19.1. The van der Waals surface area contributed by atoms with Gasteiger partial charge < -0.3 is 5.32 Å². The number of benzene rings is 1. The summed E-state index contributed by atoms with van der Waals surface area (Å²) in [5.41, 5.74) is 2.02. The molecule has 0 saturated heterocycles. The van der Waals surface area contributed by atoms with E-state index in [0.717, 1.165) is 17.4 Å². The maximum Gasteiger partial charge on any atom is 0.126 e. The standard InChI is InChI=1S/C19H28FN/c1-13-11-16(9-10-18(13)20)19(21-2)17-8-7-14-5-3-4-6-15(14)12-17/h9-11,14-15,17,19,21H,3-8,12H2,1-2H3. The van der Waals surface area contributed by atoms with Crippen molar-refractivity contribution in [3.63, 3.8) is 0 Å². The smallest absolute Gasteiger partial charge is 0.126 e. The molecule has 2 aliphatic carbocycles. The molecule has 1 aromatic carbocycles. The van der Waals surface area contributed by atoms with Crippen molar-refractivity contribution in [2.24, 2.45) is 17.8 Å². The summed E-state index contributed by atoms with van der Waals surface area (Å²) < 4.78 is 13.5. The quantitative estimate of drug-likeness (QED) is 0.825. The fourth-order valence-corrected chi connectivity index (χ4v) is 4.75. The van der Waals surface area contributed by atoms with Crippen molar-refractivity contribution in [2.45, 2.75) is 57.9 Å². The number of nitrogens with one attached hydrogen (secondary N) is 1. The lowest BCUT2D eigenvalue weighted by Crippen LogP contribution is -2.34. The minimum atomic E-state index is -0.0930. The molecule has 21 heavy (non-hydrogen) atoms. The van der Waals surface area contributed by atoms with Crippen LogP contribution < -0.4 is 5.32 Å². The Balaban J connectivity index is 1.75. The van der Waals surface area contributed by atoms with E-state index in [1.54, 1.807) is 6.07 Å². The molecule has 2 aliphatic rings. The van der Waals surface area contributed by atoms with E-state index in [-0.39, 0.29) is 5.82 Å². The van der Waals surface area contributed by atoms with Crippen LogP contribution in [0.3, 0.4) is 0 Å². The zero-order valence-electron chi connectivity index (χ0n) is 13.4. The highest BCUT2D eigenvalue weighted by molar-refractivity contribution is 5.27. The number of hydrogen-bond acceptors (Lipinski definition) is 1. The summed E-state index contributed by atoms with van der Waals surface area (Å²) in [6, 6.07) is 6.01. The minimum Gasteiger partial charge on any atom is -0.313 e. The number of aryl methyl sites for hydroxylation is 1. The highest BCUT2D eigenvalue weighted by Gasteiger charge is 2.35. The van der Waals surface area contributed by atoms with Gasteiger partial charge in [0.2, 0.25) is 0 Å². The second-order valence-corrected chi connectivity index (χ2v) is 7.15.